The Morgan fingerprint density at radius 3 is 2.46 bits per heavy atom. The van der Waals surface area contributed by atoms with E-state index in [1.807, 2.05) is 0 Å². The fourth-order valence-electron chi connectivity index (χ4n) is 3.51. The van der Waals surface area contributed by atoms with Gasteiger partial charge < -0.3 is 19.3 Å². The molecule has 2 heterocycles. The molecular formula is C25H24F3N3O3S. The van der Waals surface area contributed by atoms with Gasteiger partial charge in [-0.25, -0.2) is 0 Å². The number of benzene rings is 2. The number of hydrogen-bond acceptors (Lipinski definition) is 6. The van der Waals surface area contributed by atoms with Crippen LogP contribution in [0.3, 0.4) is 0 Å². The van der Waals surface area contributed by atoms with Gasteiger partial charge in [0.2, 0.25) is 0 Å². The summed E-state index contributed by atoms with van der Waals surface area (Å²) >= 11 is 1.32. The van der Waals surface area contributed by atoms with Crippen LogP contribution >= 0.6 is 11.8 Å². The molecule has 0 saturated carbocycles. The zero-order chi connectivity index (χ0) is 25.0. The highest BCUT2D eigenvalue weighted by atomic mass is 32.2. The molecule has 0 bridgehead atoms. The first-order valence-electron chi connectivity index (χ1n) is 10.9. The van der Waals surface area contributed by atoms with Gasteiger partial charge in [-0.15, -0.1) is 0 Å². The number of methoxy groups -OCH3 is 1. The molecular weight excluding hydrogens is 479 g/mol. The van der Waals surface area contributed by atoms with E-state index in [2.05, 4.69) is 27.6 Å². The second-order valence-electron chi connectivity index (χ2n) is 8.10. The number of amidine groups is 1. The minimum Gasteiger partial charge on any atom is -0.493 e. The number of likely N-dealkylation sites (N-methyl/N-ethyl adjacent to an activating group) is 1. The molecule has 1 saturated heterocycles. The maximum absolute atomic E-state index is 12.7. The Balaban J connectivity index is 1.41. The number of nitrogens with zero attached hydrogens (tertiary/aromatic N) is 3. The summed E-state index contributed by atoms with van der Waals surface area (Å²) in [5, 5.41) is 0.712. The van der Waals surface area contributed by atoms with E-state index in [0.29, 0.717) is 27.1 Å². The van der Waals surface area contributed by atoms with Gasteiger partial charge in [0.25, 0.3) is 5.91 Å². The topological polar surface area (TPSA) is 54.4 Å². The number of alkyl halides is 3. The normalized spacial score (nSPS) is 16.7. The molecule has 35 heavy (non-hydrogen) atoms. The lowest BCUT2D eigenvalue weighted by atomic mass is 10.1. The standard InChI is InChI=1S/C25H24F3N3O3S/c1-30-11-13-31(14-12-30)24-29-23(32)22(35-24)10-6-17-5-9-20(21(15-17)33-2)34-16-18-3-7-19(8-4-18)25(26,27)28/h3-9,15H,11-14,16H2,1-2H3. The van der Waals surface area contributed by atoms with Gasteiger partial charge in [-0.1, -0.05) is 23.9 Å². The quantitative estimate of drug-likeness (QED) is 0.437. The summed E-state index contributed by atoms with van der Waals surface area (Å²) in [6.45, 7) is 3.60. The predicted molar refractivity (Wildman–Crippen MR) is 129 cm³/mol. The summed E-state index contributed by atoms with van der Waals surface area (Å²) in [4.78, 5) is 21.3. The number of carbonyl (C=O) groups excluding carboxylic acids is 1. The van der Waals surface area contributed by atoms with E-state index in [1.165, 1.54) is 31.0 Å². The van der Waals surface area contributed by atoms with Crippen LogP contribution < -0.4 is 9.47 Å². The molecule has 1 fully saturated rings. The van der Waals surface area contributed by atoms with E-state index in [4.69, 9.17) is 9.47 Å². The van der Waals surface area contributed by atoms with Gasteiger partial charge in [-0.05, 0) is 60.3 Å². The van der Waals surface area contributed by atoms with Crippen molar-refractivity contribution in [2.75, 3.05) is 40.3 Å². The molecule has 1 amide bonds. The maximum atomic E-state index is 12.7. The van der Waals surface area contributed by atoms with Crippen molar-refractivity contribution in [2.24, 2.45) is 4.99 Å². The van der Waals surface area contributed by atoms with E-state index in [1.54, 1.807) is 24.3 Å². The van der Waals surface area contributed by atoms with Crippen molar-refractivity contribution in [3.8, 4) is 11.5 Å². The van der Waals surface area contributed by atoms with Crippen molar-refractivity contribution in [3.05, 3.63) is 69.8 Å². The molecule has 2 aliphatic rings. The molecule has 184 valence electrons. The van der Waals surface area contributed by atoms with Gasteiger partial charge in [-0.3, -0.25) is 4.79 Å². The van der Waals surface area contributed by atoms with Crippen LogP contribution in [0.15, 0.2) is 58.1 Å². The number of thioether (sulfide) groups is 1. The molecule has 0 N–H and O–H groups in total. The van der Waals surface area contributed by atoms with Gasteiger partial charge in [-0.2, -0.15) is 18.2 Å². The molecule has 0 aromatic heterocycles. The molecule has 0 aliphatic carbocycles. The van der Waals surface area contributed by atoms with Crippen LogP contribution in [0.2, 0.25) is 0 Å². The Hall–Kier alpha value is -3.20. The van der Waals surface area contributed by atoms with E-state index >= 15 is 0 Å². The predicted octanol–water partition coefficient (Wildman–Crippen LogP) is 4.67. The number of rotatable bonds is 5. The summed E-state index contributed by atoms with van der Waals surface area (Å²) < 4.78 is 49.3. The minimum atomic E-state index is -4.37. The molecule has 0 unspecified atom stereocenters. The second-order valence-corrected chi connectivity index (χ2v) is 9.08. The third-order valence-electron chi connectivity index (χ3n) is 5.59. The lowest BCUT2D eigenvalue weighted by Crippen LogP contribution is -2.46. The summed E-state index contributed by atoms with van der Waals surface area (Å²) in [7, 11) is 3.57. The molecule has 2 aromatic carbocycles. The number of ether oxygens (including phenoxy) is 2. The van der Waals surface area contributed by atoms with Crippen molar-refractivity contribution in [1.82, 2.24) is 9.80 Å². The average Bonchev–Trinajstić information content (AvgIpc) is 3.22. The van der Waals surface area contributed by atoms with Crippen molar-refractivity contribution in [3.63, 3.8) is 0 Å². The third kappa shape index (κ3) is 6.28. The molecule has 4 rings (SSSR count). The minimum absolute atomic E-state index is 0.0886. The first-order valence-corrected chi connectivity index (χ1v) is 11.7. The molecule has 6 nitrogen and oxygen atoms in total. The van der Waals surface area contributed by atoms with Gasteiger partial charge in [0.05, 0.1) is 12.7 Å². The number of piperazine rings is 1. The van der Waals surface area contributed by atoms with Crippen LogP contribution in [-0.2, 0) is 17.6 Å². The van der Waals surface area contributed by atoms with Gasteiger partial charge >= 0.3 is 6.18 Å². The highest BCUT2D eigenvalue weighted by Crippen LogP contribution is 2.32. The lowest BCUT2D eigenvalue weighted by molar-refractivity contribution is -0.137. The van der Waals surface area contributed by atoms with Crippen LogP contribution in [0.5, 0.6) is 11.5 Å². The van der Waals surface area contributed by atoms with Gasteiger partial charge in [0, 0.05) is 26.2 Å². The van der Waals surface area contributed by atoms with Crippen LogP contribution in [0.1, 0.15) is 16.7 Å². The fourth-order valence-corrected chi connectivity index (χ4v) is 4.39. The highest BCUT2D eigenvalue weighted by Gasteiger charge is 2.30. The molecule has 2 aromatic rings. The van der Waals surface area contributed by atoms with Crippen molar-refractivity contribution in [1.29, 1.82) is 0 Å². The van der Waals surface area contributed by atoms with Crippen molar-refractivity contribution < 1.29 is 27.4 Å². The molecule has 0 radical (unpaired) electrons. The highest BCUT2D eigenvalue weighted by molar-refractivity contribution is 8.18. The van der Waals surface area contributed by atoms with E-state index in [9.17, 15) is 18.0 Å². The van der Waals surface area contributed by atoms with Crippen LogP contribution in [-0.4, -0.2) is 61.2 Å². The summed E-state index contributed by atoms with van der Waals surface area (Å²) in [6.07, 6.45) is -2.69. The second kappa shape index (κ2) is 10.6. The van der Waals surface area contributed by atoms with Crippen LogP contribution in [0.25, 0.3) is 6.08 Å². The average molecular weight is 504 g/mol. The Morgan fingerprint density at radius 2 is 1.80 bits per heavy atom. The largest absolute Gasteiger partial charge is 0.493 e. The number of amides is 1. The fraction of sp³-hybridized carbons (Fsp3) is 0.320. The van der Waals surface area contributed by atoms with E-state index in [0.717, 1.165) is 43.9 Å². The molecule has 10 heteroatoms. The number of hydrogen-bond donors (Lipinski definition) is 0. The summed E-state index contributed by atoms with van der Waals surface area (Å²) in [5.41, 5.74) is 3.68. The maximum Gasteiger partial charge on any atom is 0.416 e. The Labute approximate surface area is 205 Å². The zero-order valence-electron chi connectivity index (χ0n) is 19.3. The zero-order valence-corrected chi connectivity index (χ0v) is 20.1. The van der Waals surface area contributed by atoms with Crippen LogP contribution in [0, 0.1) is 0 Å². The third-order valence-corrected chi connectivity index (χ3v) is 6.62. The molecule has 0 atom stereocenters. The Morgan fingerprint density at radius 1 is 1.09 bits per heavy atom. The van der Waals surface area contributed by atoms with Crippen molar-refractivity contribution >= 4 is 28.9 Å². The van der Waals surface area contributed by atoms with Crippen LogP contribution in [0.4, 0.5) is 13.2 Å². The number of carbonyl (C=O) groups is 1. The first-order chi connectivity index (χ1) is 16.7. The molecule has 2 aliphatic heterocycles. The van der Waals surface area contributed by atoms with E-state index in [-0.39, 0.29) is 12.5 Å². The Kier molecular flexibility index (Phi) is 7.54. The monoisotopic (exact) mass is 503 g/mol. The first kappa shape index (κ1) is 24.9. The van der Waals surface area contributed by atoms with Gasteiger partial charge in [0.1, 0.15) is 11.5 Å². The number of halogens is 3. The smallest absolute Gasteiger partial charge is 0.416 e. The summed E-state index contributed by atoms with van der Waals surface area (Å²) in [5.74, 6) is 0.602. The summed E-state index contributed by atoms with van der Waals surface area (Å²) in [6, 6.07) is 10.0. The van der Waals surface area contributed by atoms with Crippen molar-refractivity contribution in [2.45, 2.75) is 12.8 Å². The van der Waals surface area contributed by atoms with Gasteiger partial charge in [0.15, 0.2) is 16.7 Å². The lowest BCUT2D eigenvalue weighted by Gasteiger charge is -2.32. The number of aliphatic imine (C=N–C) groups is 1. The van der Waals surface area contributed by atoms with E-state index < -0.39 is 11.7 Å². The molecule has 0 spiro atoms. The SMILES string of the molecule is COc1cc(C=C=C2SC(N3CCN(C)CC3)=NC2=O)ccc1OCc1ccc(C(F)(F)F)cc1. The Bertz CT molecular complexity index is 1180.